The summed E-state index contributed by atoms with van der Waals surface area (Å²) in [7, 11) is 0. The Balaban J connectivity index is 2.02. The SMILES string of the molecule is NCCNC(=O)C(=O)NCc1cccc2ccccc12. The molecule has 2 rings (SSSR count). The summed E-state index contributed by atoms with van der Waals surface area (Å²) in [6.45, 7) is 0.916. The molecule has 0 saturated carbocycles. The fourth-order valence-electron chi connectivity index (χ4n) is 1.97. The number of amides is 2. The van der Waals surface area contributed by atoms with E-state index < -0.39 is 11.8 Å². The number of carbonyl (C=O) groups is 2. The first-order chi connectivity index (χ1) is 9.72. The molecule has 0 radical (unpaired) electrons. The van der Waals surface area contributed by atoms with Crippen molar-refractivity contribution in [2.24, 2.45) is 5.73 Å². The van der Waals surface area contributed by atoms with E-state index in [4.69, 9.17) is 5.73 Å². The molecule has 0 atom stereocenters. The van der Waals surface area contributed by atoms with Gasteiger partial charge in [-0.1, -0.05) is 42.5 Å². The molecule has 5 heteroatoms. The lowest BCUT2D eigenvalue weighted by atomic mass is 10.0. The Morgan fingerprint density at radius 3 is 2.45 bits per heavy atom. The van der Waals surface area contributed by atoms with Crippen LogP contribution in [-0.2, 0) is 16.1 Å². The standard InChI is InChI=1S/C15H17N3O2/c16-8-9-17-14(19)15(20)18-10-12-6-3-5-11-4-1-2-7-13(11)12/h1-7H,8-10,16H2,(H,17,19)(H,18,20). The van der Waals surface area contributed by atoms with Crippen molar-refractivity contribution in [1.82, 2.24) is 10.6 Å². The summed E-state index contributed by atoms with van der Waals surface area (Å²) in [4.78, 5) is 23.0. The molecular formula is C15H17N3O2. The van der Waals surface area contributed by atoms with E-state index in [1.807, 2.05) is 42.5 Å². The fraction of sp³-hybridized carbons (Fsp3) is 0.200. The van der Waals surface area contributed by atoms with Crippen LogP contribution < -0.4 is 16.4 Å². The molecule has 0 fully saturated rings. The van der Waals surface area contributed by atoms with E-state index in [0.717, 1.165) is 16.3 Å². The number of benzene rings is 2. The van der Waals surface area contributed by atoms with Gasteiger partial charge in [0.2, 0.25) is 0 Å². The van der Waals surface area contributed by atoms with E-state index in [2.05, 4.69) is 10.6 Å². The van der Waals surface area contributed by atoms with Crippen LogP contribution in [0.25, 0.3) is 10.8 Å². The van der Waals surface area contributed by atoms with Crippen LogP contribution in [0.15, 0.2) is 42.5 Å². The molecular weight excluding hydrogens is 254 g/mol. The van der Waals surface area contributed by atoms with Crippen LogP contribution >= 0.6 is 0 Å². The van der Waals surface area contributed by atoms with Gasteiger partial charge in [-0.25, -0.2) is 0 Å². The largest absolute Gasteiger partial charge is 0.347 e. The number of hydrogen-bond acceptors (Lipinski definition) is 3. The van der Waals surface area contributed by atoms with E-state index in [9.17, 15) is 9.59 Å². The average molecular weight is 271 g/mol. The first-order valence-electron chi connectivity index (χ1n) is 6.45. The summed E-state index contributed by atoms with van der Waals surface area (Å²) in [6.07, 6.45) is 0. The third-order valence-electron chi connectivity index (χ3n) is 2.96. The zero-order valence-corrected chi connectivity index (χ0v) is 11.1. The Morgan fingerprint density at radius 1 is 0.950 bits per heavy atom. The van der Waals surface area contributed by atoms with Crippen LogP contribution in [0.3, 0.4) is 0 Å². The van der Waals surface area contributed by atoms with Gasteiger partial charge in [-0.15, -0.1) is 0 Å². The minimum absolute atomic E-state index is 0.292. The maximum absolute atomic E-state index is 11.6. The zero-order valence-electron chi connectivity index (χ0n) is 11.1. The highest BCUT2D eigenvalue weighted by atomic mass is 16.2. The Bertz CT molecular complexity index is 620. The van der Waals surface area contributed by atoms with Gasteiger partial charge >= 0.3 is 11.8 Å². The van der Waals surface area contributed by atoms with Crippen molar-refractivity contribution in [1.29, 1.82) is 0 Å². The summed E-state index contributed by atoms with van der Waals surface area (Å²) >= 11 is 0. The number of carbonyl (C=O) groups excluding carboxylic acids is 2. The normalized spacial score (nSPS) is 10.2. The summed E-state index contributed by atoms with van der Waals surface area (Å²) in [6, 6.07) is 13.8. The lowest BCUT2D eigenvalue weighted by molar-refractivity contribution is -0.139. The molecule has 0 aliphatic heterocycles. The van der Waals surface area contributed by atoms with Crippen LogP contribution in [0.1, 0.15) is 5.56 Å². The average Bonchev–Trinajstić information content (AvgIpc) is 2.50. The number of hydrogen-bond donors (Lipinski definition) is 3. The summed E-state index contributed by atoms with van der Waals surface area (Å²) < 4.78 is 0. The summed E-state index contributed by atoms with van der Waals surface area (Å²) in [5.74, 6) is -1.30. The third-order valence-corrected chi connectivity index (χ3v) is 2.96. The molecule has 5 nitrogen and oxygen atoms in total. The second-order valence-electron chi connectivity index (χ2n) is 4.37. The monoisotopic (exact) mass is 271 g/mol. The van der Waals surface area contributed by atoms with Crippen molar-refractivity contribution in [2.75, 3.05) is 13.1 Å². The molecule has 0 aromatic heterocycles. The minimum atomic E-state index is -0.657. The topological polar surface area (TPSA) is 84.2 Å². The lowest BCUT2D eigenvalue weighted by Gasteiger charge is -2.08. The van der Waals surface area contributed by atoms with E-state index in [0.29, 0.717) is 19.6 Å². The highest BCUT2D eigenvalue weighted by Crippen LogP contribution is 2.18. The molecule has 2 aromatic rings. The molecule has 0 saturated heterocycles. The number of nitrogens with one attached hydrogen (secondary N) is 2. The van der Waals surface area contributed by atoms with Crippen LogP contribution in [-0.4, -0.2) is 24.9 Å². The van der Waals surface area contributed by atoms with Crippen molar-refractivity contribution in [3.8, 4) is 0 Å². The van der Waals surface area contributed by atoms with Crippen molar-refractivity contribution in [3.63, 3.8) is 0 Å². The van der Waals surface area contributed by atoms with Crippen LogP contribution in [0, 0.1) is 0 Å². The van der Waals surface area contributed by atoms with Crippen molar-refractivity contribution < 1.29 is 9.59 Å². The molecule has 20 heavy (non-hydrogen) atoms. The van der Waals surface area contributed by atoms with Gasteiger partial charge in [0, 0.05) is 19.6 Å². The first-order valence-corrected chi connectivity index (χ1v) is 6.45. The summed E-state index contributed by atoms with van der Waals surface area (Å²) in [5.41, 5.74) is 6.23. The smallest absolute Gasteiger partial charge is 0.309 e. The van der Waals surface area contributed by atoms with E-state index in [1.165, 1.54) is 0 Å². The van der Waals surface area contributed by atoms with Gasteiger partial charge in [-0.3, -0.25) is 9.59 Å². The van der Waals surface area contributed by atoms with Gasteiger partial charge in [0.05, 0.1) is 0 Å². The quantitative estimate of drug-likeness (QED) is 0.709. The van der Waals surface area contributed by atoms with Crippen molar-refractivity contribution in [2.45, 2.75) is 6.54 Å². The van der Waals surface area contributed by atoms with Gasteiger partial charge < -0.3 is 16.4 Å². The Labute approximate surface area is 117 Å². The molecule has 0 heterocycles. The van der Waals surface area contributed by atoms with Crippen LogP contribution in [0.2, 0.25) is 0 Å². The third kappa shape index (κ3) is 3.33. The second kappa shape index (κ2) is 6.68. The highest BCUT2D eigenvalue weighted by molar-refractivity contribution is 6.35. The van der Waals surface area contributed by atoms with Crippen molar-refractivity contribution in [3.05, 3.63) is 48.0 Å². The Kier molecular flexibility index (Phi) is 4.68. The van der Waals surface area contributed by atoms with E-state index >= 15 is 0 Å². The predicted octanol–water partition coefficient (Wildman–Crippen LogP) is 0.531. The van der Waals surface area contributed by atoms with Gasteiger partial charge in [0.1, 0.15) is 0 Å². The zero-order chi connectivity index (χ0) is 14.4. The number of rotatable bonds is 4. The maximum Gasteiger partial charge on any atom is 0.309 e. The van der Waals surface area contributed by atoms with E-state index in [-0.39, 0.29) is 0 Å². The highest BCUT2D eigenvalue weighted by Gasteiger charge is 2.12. The molecule has 4 N–H and O–H groups in total. The first kappa shape index (κ1) is 14.0. The van der Waals surface area contributed by atoms with Crippen LogP contribution in [0.4, 0.5) is 0 Å². The molecule has 0 aliphatic carbocycles. The fourth-order valence-corrected chi connectivity index (χ4v) is 1.97. The van der Waals surface area contributed by atoms with Gasteiger partial charge in [0.15, 0.2) is 0 Å². The molecule has 0 bridgehead atoms. The molecule has 2 aromatic carbocycles. The summed E-state index contributed by atoms with van der Waals surface area (Å²) in [5, 5.41) is 7.21. The van der Waals surface area contributed by atoms with Gasteiger partial charge in [-0.2, -0.15) is 0 Å². The molecule has 2 amide bonds. The predicted molar refractivity (Wildman–Crippen MR) is 77.9 cm³/mol. The Hall–Kier alpha value is -2.40. The van der Waals surface area contributed by atoms with Crippen molar-refractivity contribution >= 4 is 22.6 Å². The van der Waals surface area contributed by atoms with Crippen LogP contribution in [0.5, 0.6) is 0 Å². The van der Waals surface area contributed by atoms with E-state index in [1.54, 1.807) is 0 Å². The number of nitrogens with two attached hydrogens (primary N) is 1. The lowest BCUT2D eigenvalue weighted by Crippen LogP contribution is -2.41. The van der Waals surface area contributed by atoms with Gasteiger partial charge in [-0.05, 0) is 16.3 Å². The molecule has 0 spiro atoms. The Morgan fingerprint density at radius 2 is 1.65 bits per heavy atom. The molecule has 104 valence electrons. The molecule has 0 unspecified atom stereocenters. The maximum atomic E-state index is 11.6. The second-order valence-corrected chi connectivity index (χ2v) is 4.37. The minimum Gasteiger partial charge on any atom is -0.347 e. The van der Waals surface area contributed by atoms with Gasteiger partial charge in [0.25, 0.3) is 0 Å². The number of fused-ring (bicyclic) bond motifs is 1. The molecule has 0 aliphatic rings.